The lowest BCUT2D eigenvalue weighted by molar-refractivity contribution is -0.671. The molecule has 7 aromatic carbocycles. The van der Waals surface area contributed by atoms with Crippen molar-refractivity contribution < 1.29 is 4.57 Å². The predicted molar refractivity (Wildman–Crippen MR) is 216 cm³/mol. The number of pyridine rings is 1. The minimum Gasteiger partial charge on any atom is -0.228 e. The SMILES string of the molecule is Cc1cc(-c2cc(-c3nc(-c4ccccc4)cc(-c4cccc(-c5ccccc5)c4)n3)cc(-c3cc4ccccc4c4ccccc34)c2)c[n+](C)c1. The van der Waals surface area contributed by atoms with Crippen LogP contribution >= 0.6 is 0 Å². The second-order valence-electron chi connectivity index (χ2n) is 13.5. The molecule has 3 nitrogen and oxygen atoms in total. The van der Waals surface area contributed by atoms with Crippen LogP contribution in [0.1, 0.15) is 5.56 Å². The zero-order valence-corrected chi connectivity index (χ0v) is 29.2. The highest BCUT2D eigenvalue weighted by Crippen LogP contribution is 2.39. The summed E-state index contributed by atoms with van der Waals surface area (Å²) in [6, 6.07) is 60.5. The van der Waals surface area contributed by atoms with Crippen LogP contribution in [0.2, 0.25) is 0 Å². The number of rotatable bonds is 6. The third-order valence-electron chi connectivity index (χ3n) is 9.80. The van der Waals surface area contributed by atoms with Crippen molar-refractivity contribution in [2.45, 2.75) is 6.92 Å². The van der Waals surface area contributed by atoms with Gasteiger partial charge < -0.3 is 0 Å². The fourth-order valence-corrected chi connectivity index (χ4v) is 7.40. The van der Waals surface area contributed by atoms with E-state index in [1.54, 1.807) is 0 Å². The van der Waals surface area contributed by atoms with Gasteiger partial charge in [-0.2, -0.15) is 0 Å². The van der Waals surface area contributed by atoms with E-state index in [9.17, 15) is 0 Å². The first-order valence-corrected chi connectivity index (χ1v) is 17.7. The Morgan fingerprint density at radius 2 is 0.962 bits per heavy atom. The van der Waals surface area contributed by atoms with Crippen molar-refractivity contribution >= 4 is 21.5 Å². The van der Waals surface area contributed by atoms with E-state index in [1.165, 1.54) is 38.2 Å². The monoisotopic (exact) mass is 666 g/mol. The highest BCUT2D eigenvalue weighted by Gasteiger charge is 2.17. The molecular formula is C49H36N3+. The fraction of sp³-hybridized carbons (Fsp3) is 0.0408. The van der Waals surface area contributed by atoms with Crippen molar-refractivity contribution in [3.63, 3.8) is 0 Å². The molecule has 0 unspecified atom stereocenters. The van der Waals surface area contributed by atoms with E-state index in [0.717, 1.165) is 50.3 Å². The highest BCUT2D eigenvalue weighted by atomic mass is 14.9. The summed E-state index contributed by atoms with van der Waals surface area (Å²) in [7, 11) is 2.08. The quantitative estimate of drug-likeness (QED) is 0.131. The molecule has 2 heterocycles. The summed E-state index contributed by atoms with van der Waals surface area (Å²) in [6.45, 7) is 2.15. The van der Waals surface area contributed by atoms with Crippen LogP contribution in [0.25, 0.3) is 88.8 Å². The van der Waals surface area contributed by atoms with Crippen LogP contribution in [0.4, 0.5) is 0 Å². The Bertz CT molecular complexity index is 2730. The Balaban J connectivity index is 1.30. The summed E-state index contributed by atoms with van der Waals surface area (Å²) >= 11 is 0. The summed E-state index contributed by atoms with van der Waals surface area (Å²) in [5.74, 6) is 0.687. The second-order valence-corrected chi connectivity index (χ2v) is 13.5. The Hall–Kier alpha value is -6.71. The minimum absolute atomic E-state index is 0.687. The van der Waals surface area contributed by atoms with E-state index in [4.69, 9.17) is 9.97 Å². The van der Waals surface area contributed by atoms with Gasteiger partial charge in [-0.1, -0.05) is 127 Å². The summed E-state index contributed by atoms with van der Waals surface area (Å²) in [4.78, 5) is 10.6. The first-order valence-electron chi connectivity index (χ1n) is 17.7. The largest absolute Gasteiger partial charge is 0.228 e. The molecule has 0 amide bonds. The van der Waals surface area contributed by atoms with Crippen LogP contribution in [0.5, 0.6) is 0 Å². The lowest BCUT2D eigenvalue weighted by Gasteiger charge is -2.15. The number of hydrogen-bond acceptors (Lipinski definition) is 2. The first-order chi connectivity index (χ1) is 25.6. The van der Waals surface area contributed by atoms with E-state index in [2.05, 4.69) is 195 Å². The number of nitrogens with zero attached hydrogens (tertiary/aromatic N) is 3. The topological polar surface area (TPSA) is 29.7 Å². The molecule has 0 aliphatic heterocycles. The van der Waals surface area contributed by atoms with Gasteiger partial charge in [0.15, 0.2) is 18.2 Å². The van der Waals surface area contributed by atoms with Crippen LogP contribution in [0.15, 0.2) is 182 Å². The van der Waals surface area contributed by atoms with Crippen LogP contribution < -0.4 is 4.57 Å². The third-order valence-corrected chi connectivity index (χ3v) is 9.80. The summed E-state index contributed by atoms with van der Waals surface area (Å²) in [5, 5.41) is 4.93. The molecule has 0 saturated heterocycles. The van der Waals surface area contributed by atoms with Crippen molar-refractivity contribution in [2.24, 2.45) is 7.05 Å². The van der Waals surface area contributed by atoms with E-state index in [1.807, 2.05) is 6.07 Å². The number of fused-ring (bicyclic) bond motifs is 3. The smallest absolute Gasteiger partial charge is 0.176 e. The normalized spacial score (nSPS) is 11.3. The van der Waals surface area contributed by atoms with Gasteiger partial charge in [0.2, 0.25) is 0 Å². The molecule has 0 saturated carbocycles. The maximum Gasteiger partial charge on any atom is 0.176 e. The van der Waals surface area contributed by atoms with E-state index in [-0.39, 0.29) is 0 Å². The molecular weight excluding hydrogens is 631 g/mol. The first kappa shape index (κ1) is 31.3. The Labute approximate surface area is 304 Å². The average Bonchev–Trinajstić information content (AvgIpc) is 3.20. The maximum atomic E-state index is 5.33. The van der Waals surface area contributed by atoms with Crippen LogP contribution in [0, 0.1) is 6.92 Å². The summed E-state index contributed by atoms with van der Waals surface area (Å²) in [5.41, 5.74) is 12.9. The minimum atomic E-state index is 0.687. The molecule has 9 rings (SSSR count). The molecule has 0 atom stereocenters. The zero-order valence-electron chi connectivity index (χ0n) is 29.2. The number of aromatic nitrogens is 3. The zero-order chi connectivity index (χ0) is 35.0. The van der Waals surface area contributed by atoms with E-state index < -0.39 is 0 Å². The molecule has 2 aromatic heterocycles. The van der Waals surface area contributed by atoms with Gasteiger partial charge in [-0.3, -0.25) is 0 Å². The molecule has 0 fully saturated rings. The van der Waals surface area contributed by atoms with Crippen molar-refractivity contribution in [1.82, 2.24) is 9.97 Å². The van der Waals surface area contributed by atoms with Gasteiger partial charge in [0.25, 0.3) is 0 Å². The van der Waals surface area contributed by atoms with Gasteiger partial charge in [-0.15, -0.1) is 0 Å². The second kappa shape index (κ2) is 13.2. The fourth-order valence-electron chi connectivity index (χ4n) is 7.40. The number of aryl methyl sites for hydroxylation is 2. The lowest BCUT2D eigenvalue weighted by atomic mass is 9.90. The Kier molecular flexibility index (Phi) is 7.94. The van der Waals surface area contributed by atoms with E-state index >= 15 is 0 Å². The van der Waals surface area contributed by atoms with Gasteiger partial charge in [-0.25, -0.2) is 14.5 Å². The van der Waals surface area contributed by atoms with Gasteiger partial charge in [-0.05, 0) is 98.8 Å². The molecule has 0 radical (unpaired) electrons. The van der Waals surface area contributed by atoms with Crippen molar-refractivity contribution in [3.05, 3.63) is 188 Å². The standard InChI is InChI=1S/C49H36N3/c1-33-24-42(32-52(2)31-33)39-26-40(46-29-37-18-9-10-21-43(37)44-22-11-12-23-45(44)46)28-41(27-39)49-50-47(35-16-7-4-8-17-35)30-48(51-49)38-20-13-19-36(25-38)34-14-5-3-6-15-34/h3-32H,1-2H3/q+1. The molecule has 0 aliphatic carbocycles. The molecule has 3 heteroatoms. The van der Waals surface area contributed by atoms with Crippen molar-refractivity contribution in [1.29, 1.82) is 0 Å². The summed E-state index contributed by atoms with van der Waals surface area (Å²) in [6.07, 6.45) is 4.34. The molecule has 0 aliphatic rings. The van der Waals surface area contributed by atoms with Gasteiger partial charge in [0.05, 0.1) is 11.4 Å². The number of hydrogen-bond donors (Lipinski definition) is 0. The lowest BCUT2D eigenvalue weighted by Crippen LogP contribution is -2.27. The van der Waals surface area contributed by atoms with E-state index in [0.29, 0.717) is 5.82 Å². The third kappa shape index (κ3) is 6.03. The Morgan fingerprint density at radius 1 is 0.385 bits per heavy atom. The van der Waals surface area contributed by atoms with Crippen LogP contribution in [0.3, 0.4) is 0 Å². The average molecular weight is 667 g/mol. The van der Waals surface area contributed by atoms with Crippen LogP contribution in [-0.2, 0) is 7.05 Å². The van der Waals surface area contributed by atoms with Gasteiger partial charge in [0, 0.05) is 27.8 Å². The molecule has 0 N–H and O–H groups in total. The maximum absolute atomic E-state index is 5.33. The molecule has 9 aromatic rings. The summed E-state index contributed by atoms with van der Waals surface area (Å²) < 4.78 is 2.13. The molecule has 52 heavy (non-hydrogen) atoms. The predicted octanol–water partition coefficient (Wildman–Crippen LogP) is 11.9. The Morgan fingerprint density at radius 3 is 1.73 bits per heavy atom. The number of benzene rings is 7. The van der Waals surface area contributed by atoms with Crippen molar-refractivity contribution in [2.75, 3.05) is 0 Å². The molecule has 0 spiro atoms. The van der Waals surface area contributed by atoms with Gasteiger partial charge in [0.1, 0.15) is 7.05 Å². The molecule has 246 valence electrons. The van der Waals surface area contributed by atoms with Crippen molar-refractivity contribution in [3.8, 4) is 67.3 Å². The van der Waals surface area contributed by atoms with Gasteiger partial charge >= 0.3 is 0 Å². The molecule has 0 bridgehead atoms. The highest BCUT2D eigenvalue weighted by molar-refractivity contribution is 6.14. The van der Waals surface area contributed by atoms with Crippen LogP contribution in [-0.4, -0.2) is 9.97 Å².